The number of alkyl halides is 1. The molecule has 0 bridgehead atoms. The lowest BCUT2D eigenvalue weighted by atomic mass is 9.93. The van der Waals surface area contributed by atoms with Gasteiger partial charge >= 0.3 is 0 Å². The van der Waals surface area contributed by atoms with E-state index < -0.39 is 0 Å². The molecule has 0 saturated heterocycles. The van der Waals surface area contributed by atoms with Gasteiger partial charge in [-0.25, -0.2) is 8.78 Å². The molecule has 1 atom stereocenters. The van der Waals surface area contributed by atoms with Crippen molar-refractivity contribution < 1.29 is 8.78 Å². The van der Waals surface area contributed by atoms with Crippen LogP contribution in [0.15, 0.2) is 42.5 Å². The van der Waals surface area contributed by atoms with Gasteiger partial charge in [-0.2, -0.15) is 0 Å². The topological polar surface area (TPSA) is 0 Å². The fraction of sp³-hybridized carbons (Fsp3) is 0.200. The second-order valence-electron chi connectivity index (χ2n) is 4.35. The summed E-state index contributed by atoms with van der Waals surface area (Å²) in [4.78, 5) is 0. The quantitative estimate of drug-likeness (QED) is 0.682. The molecule has 0 aliphatic rings. The Kier molecular flexibility index (Phi) is 4.78. The van der Waals surface area contributed by atoms with Crippen LogP contribution in [0.3, 0.4) is 0 Å². The zero-order chi connectivity index (χ0) is 13.8. The molecule has 0 fully saturated rings. The van der Waals surface area contributed by atoms with Crippen LogP contribution in [-0.2, 0) is 6.42 Å². The van der Waals surface area contributed by atoms with E-state index in [-0.39, 0.29) is 17.6 Å². The fourth-order valence-corrected chi connectivity index (χ4v) is 2.47. The zero-order valence-corrected chi connectivity index (χ0v) is 11.6. The number of hydrogen-bond donors (Lipinski definition) is 0. The van der Waals surface area contributed by atoms with Crippen LogP contribution >= 0.6 is 23.2 Å². The average molecular weight is 301 g/mol. The molecular weight excluding hydrogens is 289 g/mol. The van der Waals surface area contributed by atoms with E-state index in [1.807, 2.05) is 6.07 Å². The molecule has 19 heavy (non-hydrogen) atoms. The van der Waals surface area contributed by atoms with Gasteiger partial charge in [0, 0.05) is 16.8 Å². The maximum Gasteiger partial charge on any atom is 0.123 e. The Hall–Kier alpha value is -1.12. The van der Waals surface area contributed by atoms with Gasteiger partial charge in [0.05, 0.1) is 0 Å². The normalized spacial score (nSPS) is 12.4. The fourth-order valence-electron chi connectivity index (χ4n) is 1.99. The van der Waals surface area contributed by atoms with Crippen molar-refractivity contribution in [1.29, 1.82) is 0 Å². The lowest BCUT2D eigenvalue weighted by molar-refractivity contribution is 0.617. The number of rotatable bonds is 4. The van der Waals surface area contributed by atoms with Crippen LogP contribution < -0.4 is 0 Å². The minimum atomic E-state index is -0.341. The van der Waals surface area contributed by atoms with E-state index in [0.29, 0.717) is 22.9 Å². The zero-order valence-electron chi connectivity index (χ0n) is 10.0. The molecule has 0 amide bonds. The molecule has 4 heteroatoms. The lowest BCUT2D eigenvalue weighted by Crippen LogP contribution is -2.06. The summed E-state index contributed by atoms with van der Waals surface area (Å²) in [6.45, 7) is 0. The summed E-state index contributed by atoms with van der Waals surface area (Å²) < 4.78 is 26.4. The van der Waals surface area contributed by atoms with Crippen LogP contribution in [0.5, 0.6) is 0 Å². The monoisotopic (exact) mass is 300 g/mol. The van der Waals surface area contributed by atoms with Gasteiger partial charge in [-0.15, -0.1) is 11.6 Å². The highest BCUT2D eigenvalue weighted by molar-refractivity contribution is 6.31. The van der Waals surface area contributed by atoms with Crippen molar-refractivity contribution in [1.82, 2.24) is 0 Å². The van der Waals surface area contributed by atoms with Gasteiger partial charge in [0.2, 0.25) is 0 Å². The molecule has 0 saturated carbocycles. The molecule has 0 radical (unpaired) electrons. The third kappa shape index (κ3) is 3.68. The smallest absolute Gasteiger partial charge is 0.123 e. The Bertz CT molecular complexity index is 570. The number of halogens is 4. The lowest BCUT2D eigenvalue weighted by Gasteiger charge is -2.15. The van der Waals surface area contributed by atoms with E-state index in [2.05, 4.69) is 0 Å². The van der Waals surface area contributed by atoms with Crippen molar-refractivity contribution >= 4 is 23.2 Å². The standard InChI is InChI=1S/C15H12Cl2F2/c16-9-12(10-2-1-3-13(18)7-10)6-11-8-14(19)4-5-15(11)17/h1-5,7-8,12H,6,9H2. The summed E-state index contributed by atoms with van der Waals surface area (Å²) in [5, 5.41) is 0.493. The molecular formula is C15H12Cl2F2. The van der Waals surface area contributed by atoms with Gasteiger partial charge < -0.3 is 0 Å². The van der Waals surface area contributed by atoms with E-state index in [9.17, 15) is 8.78 Å². The maximum absolute atomic E-state index is 13.2. The summed E-state index contributed by atoms with van der Waals surface area (Å²) in [6, 6.07) is 10.5. The van der Waals surface area contributed by atoms with Gasteiger partial charge in [0.1, 0.15) is 11.6 Å². The third-order valence-electron chi connectivity index (χ3n) is 2.98. The second-order valence-corrected chi connectivity index (χ2v) is 5.06. The summed E-state index contributed by atoms with van der Waals surface area (Å²) >= 11 is 12.0. The first-order valence-corrected chi connectivity index (χ1v) is 6.76. The third-order valence-corrected chi connectivity index (χ3v) is 3.72. The van der Waals surface area contributed by atoms with E-state index in [1.165, 1.54) is 30.3 Å². The van der Waals surface area contributed by atoms with E-state index >= 15 is 0 Å². The first-order valence-electron chi connectivity index (χ1n) is 5.85. The Morgan fingerprint density at radius 3 is 2.42 bits per heavy atom. The van der Waals surface area contributed by atoms with Gasteiger partial charge in [-0.1, -0.05) is 23.7 Å². The van der Waals surface area contributed by atoms with Crippen molar-refractivity contribution in [2.75, 3.05) is 5.88 Å². The summed E-state index contributed by atoms with van der Waals surface area (Å²) in [7, 11) is 0. The van der Waals surface area contributed by atoms with Crippen molar-refractivity contribution in [3.05, 3.63) is 70.2 Å². The van der Waals surface area contributed by atoms with Crippen molar-refractivity contribution in [3.63, 3.8) is 0 Å². The summed E-state index contributed by atoms with van der Waals surface area (Å²) in [5.74, 6) is -0.433. The molecule has 0 aromatic heterocycles. The highest BCUT2D eigenvalue weighted by atomic mass is 35.5. The molecule has 100 valence electrons. The number of hydrogen-bond acceptors (Lipinski definition) is 0. The number of benzene rings is 2. The SMILES string of the molecule is Fc1cccc(C(CCl)Cc2cc(F)ccc2Cl)c1. The summed E-state index contributed by atoms with van der Waals surface area (Å²) in [6.07, 6.45) is 0.476. The molecule has 0 spiro atoms. The second kappa shape index (κ2) is 6.36. The molecule has 0 aliphatic heterocycles. The van der Waals surface area contributed by atoms with Gasteiger partial charge in [0.15, 0.2) is 0 Å². The molecule has 0 N–H and O–H groups in total. The van der Waals surface area contributed by atoms with E-state index in [4.69, 9.17) is 23.2 Å². The van der Waals surface area contributed by atoms with Gasteiger partial charge in [-0.3, -0.25) is 0 Å². The van der Waals surface area contributed by atoms with Crippen LogP contribution in [-0.4, -0.2) is 5.88 Å². The highest BCUT2D eigenvalue weighted by Crippen LogP contribution is 2.27. The summed E-state index contributed by atoms with van der Waals surface area (Å²) in [5.41, 5.74) is 1.46. The maximum atomic E-state index is 13.2. The van der Waals surface area contributed by atoms with E-state index in [1.54, 1.807) is 6.07 Å². The van der Waals surface area contributed by atoms with Crippen LogP contribution in [0.1, 0.15) is 17.0 Å². The first-order chi connectivity index (χ1) is 9.10. The molecule has 0 aliphatic carbocycles. The highest BCUT2D eigenvalue weighted by Gasteiger charge is 2.14. The molecule has 0 nitrogen and oxygen atoms in total. The molecule has 1 unspecified atom stereocenters. The minimum absolute atomic E-state index is 0.100. The van der Waals surface area contributed by atoms with Crippen molar-refractivity contribution in [2.45, 2.75) is 12.3 Å². The average Bonchev–Trinajstić information content (AvgIpc) is 2.39. The van der Waals surface area contributed by atoms with Crippen molar-refractivity contribution in [2.24, 2.45) is 0 Å². The van der Waals surface area contributed by atoms with Crippen molar-refractivity contribution in [3.8, 4) is 0 Å². The molecule has 2 aromatic rings. The van der Waals surface area contributed by atoms with E-state index in [0.717, 1.165) is 5.56 Å². The van der Waals surface area contributed by atoms with Crippen LogP contribution in [0, 0.1) is 11.6 Å². The Balaban J connectivity index is 2.26. The van der Waals surface area contributed by atoms with Gasteiger partial charge in [-0.05, 0) is 47.9 Å². The van der Waals surface area contributed by atoms with Gasteiger partial charge in [0.25, 0.3) is 0 Å². The van der Waals surface area contributed by atoms with Crippen LogP contribution in [0.4, 0.5) is 8.78 Å². The van der Waals surface area contributed by atoms with Crippen LogP contribution in [0.25, 0.3) is 0 Å². The predicted molar refractivity (Wildman–Crippen MR) is 75.0 cm³/mol. The molecule has 2 rings (SSSR count). The first kappa shape index (κ1) is 14.3. The Labute approximate surface area is 121 Å². The Morgan fingerprint density at radius 1 is 1.00 bits per heavy atom. The predicted octanol–water partition coefficient (Wildman–Crippen LogP) is 5.18. The molecule has 0 heterocycles. The Morgan fingerprint density at radius 2 is 1.74 bits per heavy atom. The largest absolute Gasteiger partial charge is 0.207 e. The minimum Gasteiger partial charge on any atom is -0.207 e. The van der Waals surface area contributed by atoms with Crippen LogP contribution in [0.2, 0.25) is 5.02 Å². The molecule has 2 aromatic carbocycles.